The first-order valence-corrected chi connectivity index (χ1v) is 9.23. The second-order valence-electron chi connectivity index (χ2n) is 6.58. The Hall–Kier alpha value is -2.42. The molecule has 0 spiro atoms. The fraction of sp³-hybridized carbons (Fsp3) is 0.286. The van der Waals surface area contributed by atoms with Crippen LogP contribution in [0.2, 0.25) is 0 Å². The van der Waals surface area contributed by atoms with E-state index in [1.807, 2.05) is 18.2 Å². The van der Waals surface area contributed by atoms with Gasteiger partial charge in [0.15, 0.2) is 17.5 Å². The number of guanidine groups is 1. The first kappa shape index (κ1) is 20.3. The predicted molar refractivity (Wildman–Crippen MR) is 124 cm³/mol. The molecule has 2 aromatic rings. The molecule has 0 saturated carbocycles. The topological polar surface area (TPSA) is 72.1 Å². The monoisotopic (exact) mass is 492 g/mol. The summed E-state index contributed by atoms with van der Waals surface area (Å²) in [5.74, 6) is 1.87. The smallest absolute Gasteiger partial charge is 0.193 e. The highest BCUT2D eigenvalue weighted by Gasteiger charge is 2.11. The summed E-state index contributed by atoms with van der Waals surface area (Å²) in [4.78, 5) is 6.78. The summed E-state index contributed by atoms with van der Waals surface area (Å²) < 4.78 is 11.4. The van der Waals surface area contributed by atoms with Crippen LogP contribution in [0.3, 0.4) is 0 Å². The molecule has 0 atom stereocenters. The Morgan fingerprint density at radius 2 is 1.82 bits per heavy atom. The number of benzene rings is 2. The Labute approximate surface area is 182 Å². The van der Waals surface area contributed by atoms with Crippen molar-refractivity contribution < 1.29 is 9.47 Å². The van der Waals surface area contributed by atoms with Gasteiger partial charge in [0, 0.05) is 37.0 Å². The predicted octanol–water partition coefficient (Wildman–Crippen LogP) is 3.77. The van der Waals surface area contributed by atoms with E-state index in [1.165, 1.54) is 5.69 Å². The maximum Gasteiger partial charge on any atom is 0.193 e. The molecule has 0 fully saturated rings. The SMILES string of the molecule is I.NC(=NCc1cccc(N2CC=CC2)c1)Nc1ccc2c(c1)OCCCO2. The number of hydrogen-bond acceptors (Lipinski definition) is 4. The van der Waals surface area contributed by atoms with Gasteiger partial charge in [0.25, 0.3) is 0 Å². The van der Waals surface area contributed by atoms with Crippen molar-refractivity contribution in [2.45, 2.75) is 13.0 Å². The largest absolute Gasteiger partial charge is 0.490 e. The number of nitrogens with two attached hydrogens (primary N) is 1. The summed E-state index contributed by atoms with van der Waals surface area (Å²) >= 11 is 0. The molecule has 0 bridgehead atoms. The number of halogens is 1. The van der Waals surface area contributed by atoms with Crippen LogP contribution in [0.1, 0.15) is 12.0 Å². The van der Waals surface area contributed by atoms with Crippen molar-refractivity contribution in [2.24, 2.45) is 10.7 Å². The van der Waals surface area contributed by atoms with Crippen LogP contribution in [-0.2, 0) is 6.54 Å². The van der Waals surface area contributed by atoms with Crippen molar-refractivity contribution in [1.29, 1.82) is 0 Å². The third-order valence-electron chi connectivity index (χ3n) is 4.55. The minimum absolute atomic E-state index is 0. The van der Waals surface area contributed by atoms with Gasteiger partial charge in [-0.1, -0.05) is 24.3 Å². The van der Waals surface area contributed by atoms with Crippen LogP contribution < -0.4 is 25.4 Å². The van der Waals surface area contributed by atoms with Crippen LogP contribution in [0.4, 0.5) is 11.4 Å². The molecule has 2 heterocycles. The van der Waals surface area contributed by atoms with Gasteiger partial charge >= 0.3 is 0 Å². The van der Waals surface area contributed by atoms with Crippen molar-refractivity contribution in [3.05, 3.63) is 60.2 Å². The molecule has 28 heavy (non-hydrogen) atoms. The van der Waals surface area contributed by atoms with Crippen LogP contribution in [0.15, 0.2) is 59.6 Å². The lowest BCUT2D eigenvalue weighted by atomic mass is 10.2. The van der Waals surface area contributed by atoms with Gasteiger partial charge in [0.1, 0.15) is 0 Å². The first-order chi connectivity index (χ1) is 13.3. The summed E-state index contributed by atoms with van der Waals surface area (Å²) in [6.07, 6.45) is 5.25. The van der Waals surface area contributed by atoms with E-state index in [1.54, 1.807) is 0 Å². The molecule has 2 aliphatic rings. The molecule has 0 radical (unpaired) electrons. The van der Waals surface area contributed by atoms with Gasteiger partial charge in [-0.15, -0.1) is 24.0 Å². The van der Waals surface area contributed by atoms with Crippen molar-refractivity contribution in [2.75, 3.05) is 36.5 Å². The summed E-state index contributed by atoms with van der Waals surface area (Å²) in [5.41, 5.74) is 9.24. The number of rotatable bonds is 4. The Morgan fingerprint density at radius 1 is 1.04 bits per heavy atom. The highest BCUT2D eigenvalue weighted by Crippen LogP contribution is 2.32. The van der Waals surface area contributed by atoms with E-state index >= 15 is 0 Å². The standard InChI is InChI=1S/C21H24N4O2.HI/c22-21(24-17-7-8-19-20(14-17)27-12-4-11-26-19)23-15-16-5-3-6-18(13-16)25-9-1-2-10-25;/h1-3,5-8,13-14H,4,9-12,15H2,(H3,22,23,24);1H. The average Bonchev–Trinajstić information content (AvgIpc) is 3.13. The second kappa shape index (κ2) is 9.68. The van der Waals surface area contributed by atoms with Crippen molar-refractivity contribution >= 4 is 41.3 Å². The number of aliphatic imine (C=N–C) groups is 1. The van der Waals surface area contributed by atoms with E-state index in [0.29, 0.717) is 25.7 Å². The third kappa shape index (κ3) is 5.09. The molecule has 148 valence electrons. The van der Waals surface area contributed by atoms with Crippen LogP contribution >= 0.6 is 24.0 Å². The molecule has 0 aromatic heterocycles. The van der Waals surface area contributed by atoms with E-state index < -0.39 is 0 Å². The zero-order chi connectivity index (χ0) is 18.5. The van der Waals surface area contributed by atoms with E-state index in [4.69, 9.17) is 15.2 Å². The summed E-state index contributed by atoms with van der Waals surface area (Å²) in [7, 11) is 0. The molecule has 0 saturated heterocycles. The quantitative estimate of drug-likeness (QED) is 0.294. The second-order valence-corrected chi connectivity index (χ2v) is 6.58. The van der Waals surface area contributed by atoms with Gasteiger partial charge in [-0.05, 0) is 29.8 Å². The third-order valence-corrected chi connectivity index (χ3v) is 4.55. The molecule has 2 aromatic carbocycles. The summed E-state index contributed by atoms with van der Waals surface area (Å²) in [6.45, 7) is 3.78. The van der Waals surface area contributed by atoms with Crippen LogP contribution in [0.5, 0.6) is 11.5 Å². The zero-order valence-electron chi connectivity index (χ0n) is 15.6. The van der Waals surface area contributed by atoms with Gasteiger partial charge in [-0.2, -0.15) is 0 Å². The molecule has 3 N–H and O–H groups in total. The molecule has 0 amide bonds. The van der Waals surface area contributed by atoms with E-state index in [2.05, 4.69) is 51.6 Å². The average molecular weight is 492 g/mol. The fourth-order valence-electron chi connectivity index (χ4n) is 3.15. The Kier molecular flexibility index (Phi) is 7.02. The molecule has 2 aliphatic heterocycles. The molecular formula is C21H25IN4O2. The van der Waals surface area contributed by atoms with Crippen molar-refractivity contribution in [3.63, 3.8) is 0 Å². The highest BCUT2D eigenvalue weighted by molar-refractivity contribution is 14.0. The van der Waals surface area contributed by atoms with Crippen LogP contribution in [-0.4, -0.2) is 32.3 Å². The van der Waals surface area contributed by atoms with Gasteiger partial charge in [-0.3, -0.25) is 0 Å². The van der Waals surface area contributed by atoms with E-state index in [0.717, 1.165) is 42.3 Å². The summed E-state index contributed by atoms with van der Waals surface area (Å²) in [6, 6.07) is 14.1. The highest BCUT2D eigenvalue weighted by atomic mass is 127. The Bertz CT molecular complexity index is 861. The fourth-order valence-corrected chi connectivity index (χ4v) is 3.15. The molecule has 6 nitrogen and oxygen atoms in total. The maximum atomic E-state index is 6.07. The first-order valence-electron chi connectivity index (χ1n) is 9.23. The van der Waals surface area contributed by atoms with E-state index in [9.17, 15) is 0 Å². The lowest BCUT2D eigenvalue weighted by Gasteiger charge is -2.18. The van der Waals surface area contributed by atoms with Crippen LogP contribution in [0, 0.1) is 0 Å². The number of hydrogen-bond donors (Lipinski definition) is 2. The molecular weight excluding hydrogens is 467 g/mol. The van der Waals surface area contributed by atoms with Gasteiger partial charge < -0.3 is 25.4 Å². The molecule has 0 unspecified atom stereocenters. The number of nitrogens with zero attached hydrogens (tertiary/aromatic N) is 2. The van der Waals surface area contributed by atoms with Crippen LogP contribution in [0.25, 0.3) is 0 Å². The van der Waals surface area contributed by atoms with E-state index in [-0.39, 0.29) is 24.0 Å². The molecule has 7 heteroatoms. The van der Waals surface area contributed by atoms with Crippen molar-refractivity contribution in [1.82, 2.24) is 0 Å². The minimum Gasteiger partial charge on any atom is -0.490 e. The number of fused-ring (bicyclic) bond motifs is 1. The number of nitrogens with one attached hydrogen (secondary N) is 1. The number of ether oxygens (including phenoxy) is 2. The van der Waals surface area contributed by atoms with Gasteiger partial charge in [0.2, 0.25) is 0 Å². The Balaban J connectivity index is 0.00000225. The van der Waals surface area contributed by atoms with Crippen molar-refractivity contribution in [3.8, 4) is 11.5 Å². The maximum absolute atomic E-state index is 6.07. The van der Waals surface area contributed by atoms with Gasteiger partial charge in [0.05, 0.1) is 19.8 Å². The lowest BCUT2D eigenvalue weighted by Crippen LogP contribution is -2.22. The molecule has 0 aliphatic carbocycles. The molecule has 4 rings (SSSR count). The Morgan fingerprint density at radius 3 is 2.64 bits per heavy atom. The number of anilines is 2. The van der Waals surface area contributed by atoms with Gasteiger partial charge in [-0.25, -0.2) is 4.99 Å². The minimum atomic E-state index is 0. The lowest BCUT2D eigenvalue weighted by molar-refractivity contribution is 0.297. The normalized spacial score (nSPS) is 15.7. The summed E-state index contributed by atoms with van der Waals surface area (Å²) in [5, 5.41) is 3.12. The zero-order valence-corrected chi connectivity index (χ0v) is 18.0.